The summed E-state index contributed by atoms with van der Waals surface area (Å²) in [6.07, 6.45) is 0. The van der Waals surface area contributed by atoms with Crippen LogP contribution in [0.15, 0.2) is 89.8 Å². The Labute approximate surface area is 161 Å². The molecule has 0 radical (unpaired) electrons. The van der Waals surface area contributed by atoms with Gasteiger partial charge in [0.25, 0.3) is 0 Å². The van der Waals surface area contributed by atoms with E-state index in [1.54, 1.807) is 16.4 Å². The van der Waals surface area contributed by atoms with Crippen molar-refractivity contribution in [3.05, 3.63) is 102 Å². The topological polar surface area (TPSA) is 37.1 Å². The molecule has 27 heavy (non-hydrogen) atoms. The van der Waals surface area contributed by atoms with E-state index in [0.29, 0.717) is 4.90 Å². The predicted octanol–water partition coefficient (Wildman–Crippen LogP) is 4.72. The highest BCUT2D eigenvalue weighted by Crippen LogP contribution is 2.64. The Morgan fingerprint density at radius 3 is 1.59 bits per heavy atom. The molecule has 1 heterocycles. The fraction of sp³-hybridized carbons (Fsp3) is 0.217. The molecule has 3 aromatic carbocycles. The predicted molar refractivity (Wildman–Crippen MR) is 108 cm³/mol. The highest BCUT2D eigenvalue weighted by Gasteiger charge is 2.76. The van der Waals surface area contributed by atoms with Crippen molar-refractivity contribution in [1.29, 1.82) is 0 Å². The van der Waals surface area contributed by atoms with E-state index in [2.05, 4.69) is 0 Å². The first kappa shape index (κ1) is 18.0. The number of aryl methyl sites for hydroxylation is 1. The van der Waals surface area contributed by atoms with E-state index in [0.717, 1.165) is 16.7 Å². The van der Waals surface area contributed by atoms with Crippen LogP contribution in [-0.2, 0) is 15.6 Å². The third-order valence-electron chi connectivity index (χ3n) is 5.59. The van der Waals surface area contributed by atoms with Gasteiger partial charge in [0, 0.05) is 0 Å². The van der Waals surface area contributed by atoms with Crippen molar-refractivity contribution < 1.29 is 8.42 Å². The van der Waals surface area contributed by atoms with Gasteiger partial charge in [-0.2, -0.15) is 4.31 Å². The van der Waals surface area contributed by atoms with E-state index in [9.17, 15) is 8.42 Å². The minimum Gasteiger partial charge on any atom is -0.207 e. The van der Waals surface area contributed by atoms with Crippen LogP contribution in [0.4, 0.5) is 0 Å². The standard InChI is InChI=1S/C23H23NO2S/c1-18-14-16-21(17-15-18)27(25,26)24-22(2,3)23(24,19-10-6-4-7-11-19)20-12-8-5-9-13-20/h4-17H,1-3H3. The van der Waals surface area contributed by atoms with Crippen molar-refractivity contribution >= 4 is 10.0 Å². The number of sulfonamides is 1. The fourth-order valence-electron chi connectivity index (χ4n) is 4.31. The molecule has 1 saturated heterocycles. The number of rotatable bonds is 4. The van der Waals surface area contributed by atoms with Gasteiger partial charge in [0.05, 0.1) is 10.4 Å². The lowest BCUT2D eigenvalue weighted by atomic mass is 9.82. The molecule has 0 saturated carbocycles. The van der Waals surface area contributed by atoms with Crippen molar-refractivity contribution in [3.8, 4) is 0 Å². The molecule has 0 amide bonds. The Balaban J connectivity index is 1.94. The SMILES string of the molecule is Cc1ccc(S(=O)(=O)N2C(C)(C)C2(c2ccccc2)c2ccccc2)cc1. The van der Waals surface area contributed by atoms with E-state index in [1.807, 2.05) is 93.6 Å². The Morgan fingerprint density at radius 1 is 0.704 bits per heavy atom. The van der Waals surface area contributed by atoms with Crippen molar-refractivity contribution in [2.45, 2.75) is 36.7 Å². The van der Waals surface area contributed by atoms with Crippen LogP contribution < -0.4 is 0 Å². The first-order valence-corrected chi connectivity index (χ1v) is 10.5. The second-order valence-electron chi connectivity index (χ2n) is 7.58. The number of hydrogen-bond donors (Lipinski definition) is 0. The Kier molecular flexibility index (Phi) is 4.02. The summed E-state index contributed by atoms with van der Waals surface area (Å²) in [6, 6.07) is 26.9. The average molecular weight is 378 g/mol. The monoisotopic (exact) mass is 377 g/mol. The van der Waals surface area contributed by atoms with Gasteiger partial charge < -0.3 is 0 Å². The first-order chi connectivity index (χ1) is 12.8. The zero-order chi connectivity index (χ0) is 19.3. The molecule has 0 N–H and O–H groups in total. The van der Waals surface area contributed by atoms with Gasteiger partial charge >= 0.3 is 0 Å². The largest absolute Gasteiger partial charge is 0.244 e. The molecule has 0 aromatic heterocycles. The normalized spacial score (nSPS) is 20.2. The maximum atomic E-state index is 13.6. The Morgan fingerprint density at radius 2 is 1.15 bits per heavy atom. The fourth-order valence-corrected chi connectivity index (χ4v) is 6.49. The van der Waals surface area contributed by atoms with E-state index < -0.39 is 21.1 Å². The molecule has 1 aliphatic heterocycles. The second kappa shape index (κ2) is 6.04. The first-order valence-electron chi connectivity index (χ1n) is 9.06. The molecular formula is C23H23NO2S. The summed E-state index contributed by atoms with van der Waals surface area (Å²) >= 11 is 0. The molecule has 1 aliphatic rings. The van der Waals surface area contributed by atoms with E-state index in [4.69, 9.17) is 0 Å². The van der Waals surface area contributed by atoms with Gasteiger partial charge in [0.15, 0.2) is 0 Å². The molecule has 3 nitrogen and oxygen atoms in total. The van der Waals surface area contributed by atoms with Crippen LogP contribution >= 0.6 is 0 Å². The lowest BCUT2D eigenvalue weighted by Gasteiger charge is -2.20. The maximum Gasteiger partial charge on any atom is 0.244 e. The lowest BCUT2D eigenvalue weighted by molar-refractivity contribution is 0.520. The van der Waals surface area contributed by atoms with Gasteiger partial charge in [-0.25, -0.2) is 8.42 Å². The highest BCUT2D eigenvalue weighted by atomic mass is 32.2. The molecule has 1 atom stereocenters. The number of benzene rings is 3. The van der Waals surface area contributed by atoms with Crippen LogP contribution in [0.1, 0.15) is 30.5 Å². The van der Waals surface area contributed by atoms with Crippen LogP contribution in [0.5, 0.6) is 0 Å². The molecule has 138 valence electrons. The summed E-state index contributed by atoms with van der Waals surface area (Å²) < 4.78 is 28.9. The van der Waals surface area contributed by atoms with E-state index >= 15 is 0 Å². The van der Waals surface area contributed by atoms with Crippen LogP contribution in [0.3, 0.4) is 0 Å². The third-order valence-corrected chi connectivity index (χ3v) is 7.67. The molecule has 1 unspecified atom stereocenters. The van der Waals surface area contributed by atoms with Crippen molar-refractivity contribution in [2.75, 3.05) is 0 Å². The average Bonchev–Trinajstić information content (AvgIpc) is 3.22. The van der Waals surface area contributed by atoms with E-state index in [1.165, 1.54) is 0 Å². The van der Waals surface area contributed by atoms with Gasteiger partial charge in [-0.05, 0) is 44.0 Å². The van der Waals surface area contributed by atoms with Crippen molar-refractivity contribution in [3.63, 3.8) is 0 Å². The van der Waals surface area contributed by atoms with Gasteiger partial charge in [-0.15, -0.1) is 0 Å². The highest BCUT2D eigenvalue weighted by molar-refractivity contribution is 7.89. The summed E-state index contributed by atoms with van der Waals surface area (Å²) in [5.74, 6) is 0. The molecule has 3 aromatic rings. The summed E-state index contributed by atoms with van der Waals surface area (Å²) in [5, 5.41) is 0. The molecular weight excluding hydrogens is 354 g/mol. The van der Waals surface area contributed by atoms with Crippen LogP contribution in [0.2, 0.25) is 0 Å². The quantitative estimate of drug-likeness (QED) is 0.617. The number of nitrogens with zero attached hydrogens (tertiary/aromatic N) is 1. The van der Waals surface area contributed by atoms with Gasteiger partial charge in [-0.3, -0.25) is 0 Å². The second-order valence-corrected chi connectivity index (χ2v) is 9.37. The smallest absolute Gasteiger partial charge is 0.207 e. The Bertz CT molecular complexity index is 1020. The van der Waals surface area contributed by atoms with Crippen LogP contribution in [0.25, 0.3) is 0 Å². The molecule has 4 heteroatoms. The summed E-state index contributed by atoms with van der Waals surface area (Å²) in [7, 11) is -3.66. The molecule has 0 bridgehead atoms. The van der Waals surface area contributed by atoms with Crippen molar-refractivity contribution in [1.82, 2.24) is 4.31 Å². The van der Waals surface area contributed by atoms with E-state index in [-0.39, 0.29) is 0 Å². The van der Waals surface area contributed by atoms with Crippen LogP contribution in [-0.4, -0.2) is 18.3 Å². The minimum atomic E-state index is -3.66. The van der Waals surface area contributed by atoms with Crippen molar-refractivity contribution in [2.24, 2.45) is 0 Å². The van der Waals surface area contributed by atoms with Gasteiger partial charge in [0.1, 0.15) is 5.54 Å². The zero-order valence-corrected chi connectivity index (χ0v) is 16.6. The van der Waals surface area contributed by atoms with Gasteiger partial charge in [0.2, 0.25) is 10.0 Å². The maximum absolute atomic E-state index is 13.6. The Hall–Kier alpha value is -2.43. The summed E-state index contributed by atoms with van der Waals surface area (Å²) in [4.78, 5) is 0.329. The van der Waals surface area contributed by atoms with Crippen LogP contribution in [0, 0.1) is 6.92 Å². The number of hydrogen-bond acceptors (Lipinski definition) is 2. The third kappa shape index (κ3) is 2.47. The molecule has 0 aliphatic carbocycles. The minimum absolute atomic E-state index is 0.329. The summed E-state index contributed by atoms with van der Waals surface area (Å²) in [5.41, 5.74) is 1.70. The lowest BCUT2D eigenvalue weighted by Crippen LogP contribution is -2.23. The zero-order valence-electron chi connectivity index (χ0n) is 15.8. The summed E-state index contributed by atoms with van der Waals surface area (Å²) in [6.45, 7) is 5.95. The molecule has 4 rings (SSSR count). The van der Waals surface area contributed by atoms with Gasteiger partial charge in [-0.1, -0.05) is 78.4 Å². The molecule has 1 fully saturated rings. The molecule has 0 spiro atoms.